The van der Waals surface area contributed by atoms with Gasteiger partial charge in [-0.25, -0.2) is 4.98 Å². The van der Waals surface area contributed by atoms with Gasteiger partial charge in [-0.15, -0.1) is 0 Å². The molecule has 1 saturated heterocycles. The van der Waals surface area contributed by atoms with Crippen LogP contribution in [0.2, 0.25) is 0 Å². The monoisotopic (exact) mass is 354 g/mol. The van der Waals surface area contributed by atoms with Gasteiger partial charge in [0.25, 0.3) is 5.91 Å². The van der Waals surface area contributed by atoms with E-state index in [1.54, 1.807) is 18.5 Å². The van der Waals surface area contributed by atoms with Crippen LogP contribution in [-0.4, -0.2) is 57.9 Å². The number of carbonyl (C=O) groups excluding carboxylic acids is 1. The highest BCUT2D eigenvalue weighted by atomic mass is 16.5. The molecule has 0 N–H and O–H groups in total. The van der Waals surface area contributed by atoms with Gasteiger partial charge in [-0.1, -0.05) is 6.07 Å². The zero-order valence-corrected chi connectivity index (χ0v) is 14.6. The van der Waals surface area contributed by atoms with Crippen LogP contribution >= 0.6 is 0 Å². The summed E-state index contributed by atoms with van der Waals surface area (Å²) in [7, 11) is 0. The quantitative estimate of drug-likeness (QED) is 0.835. The van der Waals surface area contributed by atoms with E-state index in [0.717, 1.165) is 19.3 Å². The third kappa shape index (κ3) is 3.39. The second-order valence-electron chi connectivity index (χ2n) is 6.84. The maximum absolute atomic E-state index is 12.8. The van der Waals surface area contributed by atoms with Crippen LogP contribution < -0.4 is 4.74 Å². The molecule has 1 aliphatic heterocycles. The summed E-state index contributed by atoms with van der Waals surface area (Å²) in [6.07, 6.45) is 7.84. The van der Waals surface area contributed by atoms with Crippen molar-refractivity contribution in [3.63, 3.8) is 0 Å². The Morgan fingerprint density at radius 1 is 1.31 bits per heavy atom. The minimum atomic E-state index is -0.330. The normalized spacial score (nSPS) is 25.4. The molecule has 0 aromatic carbocycles. The number of aromatic nitrogens is 3. The van der Waals surface area contributed by atoms with Gasteiger partial charge in [0.1, 0.15) is 0 Å². The molecular formula is C19H22N4O3. The Balaban J connectivity index is 1.45. The first-order valence-electron chi connectivity index (χ1n) is 9.01. The highest BCUT2D eigenvalue weighted by molar-refractivity contribution is 5.93. The van der Waals surface area contributed by atoms with Gasteiger partial charge in [-0.05, 0) is 31.4 Å². The first-order chi connectivity index (χ1) is 12.8. The molecule has 1 aliphatic carbocycles. The van der Waals surface area contributed by atoms with Gasteiger partial charge in [-0.3, -0.25) is 4.79 Å². The fraction of sp³-hybridized carbons (Fsp3) is 0.474. The van der Waals surface area contributed by atoms with E-state index in [4.69, 9.17) is 9.47 Å². The van der Waals surface area contributed by atoms with E-state index in [1.807, 2.05) is 23.1 Å². The zero-order valence-electron chi connectivity index (χ0n) is 14.6. The Morgan fingerprint density at radius 3 is 3.08 bits per heavy atom. The van der Waals surface area contributed by atoms with Gasteiger partial charge in [0.15, 0.2) is 0 Å². The summed E-state index contributed by atoms with van der Waals surface area (Å²) in [6.45, 7) is 2.28. The van der Waals surface area contributed by atoms with Crippen LogP contribution in [0.15, 0.2) is 42.9 Å². The van der Waals surface area contributed by atoms with Crippen molar-refractivity contribution in [3.05, 3.63) is 48.4 Å². The standard InChI is InChI=1S/C19H22N4O3/c24-18(15-6-9-21-22-12-15)23-10-11-26-19(14-23)7-3-4-16(19)13-25-17-5-1-2-8-20-17/h1-2,5-6,8-9,12,16H,3-4,7,10-11,13-14H2/t16-,19+/m0/s1. The maximum Gasteiger partial charge on any atom is 0.255 e. The topological polar surface area (TPSA) is 77.4 Å². The number of pyridine rings is 1. The molecule has 1 saturated carbocycles. The minimum absolute atomic E-state index is 0.0149. The highest BCUT2D eigenvalue weighted by Gasteiger charge is 2.48. The van der Waals surface area contributed by atoms with Gasteiger partial charge in [0.2, 0.25) is 5.88 Å². The first kappa shape index (κ1) is 16.9. The van der Waals surface area contributed by atoms with Crippen molar-refractivity contribution in [1.29, 1.82) is 0 Å². The summed E-state index contributed by atoms with van der Waals surface area (Å²) in [5.74, 6) is 0.857. The SMILES string of the molecule is O=C(c1ccnnc1)N1CCO[C@]2(CCC[C@H]2COc2ccccn2)C1. The number of carbonyl (C=O) groups is 1. The van der Waals surface area contributed by atoms with E-state index in [9.17, 15) is 4.79 Å². The summed E-state index contributed by atoms with van der Waals surface area (Å²) in [4.78, 5) is 18.9. The molecule has 3 heterocycles. The largest absolute Gasteiger partial charge is 0.477 e. The van der Waals surface area contributed by atoms with Crippen LogP contribution in [-0.2, 0) is 4.74 Å². The lowest BCUT2D eigenvalue weighted by molar-refractivity contribution is -0.127. The van der Waals surface area contributed by atoms with E-state index in [2.05, 4.69) is 15.2 Å². The Bertz CT molecular complexity index is 743. The average Bonchev–Trinajstić information content (AvgIpc) is 3.08. The third-order valence-electron chi connectivity index (χ3n) is 5.29. The second-order valence-corrected chi connectivity index (χ2v) is 6.84. The van der Waals surface area contributed by atoms with Crippen molar-refractivity contribution in [3.8, 4) is 5.88 Å². The molecular weight excluding hydrogens is 332 g/mol. The molecule has 136 valence electrons. The highest BCUT2D eigenvalue weighted by Crippen LogP contribution is 2.41. The summed E-state index contributed by atoms with van der Waals surface area (Å²) in [6, 6.07) is 7.34. The molecule has 2 aromatic heterocycles. The molecule has 2 fully saturated rings. The molecule has 0 bridgehead atoms. The predicted molar refractivity (Wildman–Crippen MR) is 93.7 cm³/mol. The van der Waals surface area contributed by atoms with Gasteiger partial charge >= 0.3 is 0 Å². The Hall–Kier alpha value is -2.54. The van der Waals surface area contributed by atoms with Crippen molar-refractivity contribution < 1.29 is 14.3 Å². The fourth-order valence-electron chi connectivity index (χ4n) is 3.95. The molecule has 1 amide bonds. The number of amides is 1. The van der Waals surface area contributed by atoms with E-state index in [0.29, 0.717) is 37.7 Å². The van der Waals surface area contributed by atoms with Gasteiger partial charge in [0.05, 0.1) is 43.3 Å². The Morgan fingerprint density at radius 2 is 2.27 bits per heavy atom. The lowest BCUT2D eigenvalue weighted by atomic mass is 9.89. The molecule has 0 radical (unpaired) electrons. The fourth-order valence-corrected chi connectivity index (χ4v) is 3.95. The average molecular weight is 354 g/mol. The van der Waals surface area contributed by atoms with Crippen molar-refractivity contribution in [2.24, 2.45) is 5.92 Å². The van der Waals surface area contributed by atoms with E-state index in [1.165, 1.54) is 6.20 Å². The summed E-state index contributed by atoms with van der Waals surface area (Å²) >= 11 is 0. The summed E-state index contributed by atoms with van der Waals surface area (Å²) in [5.41, 5.74) is 0.236. The van der Waals surface area contributed by atoms with E-state index in [-0.39, 0.29) is 17.4 Å². The van der Waals surface area contributed by atoms with Crippen LogP contribution in [0, 0.1) is 5.92 Å². The number of ether oxygens (including phenoxy) is 2. The second kappa shape index (κ2) is 7.37. The predicted octanol–water partition coefficient (Wildman–Crippen LogP) is 1.96. The number of morpholine rings is 1. The zero-order chi connectivity index (χ0) is 17.8. The number of hydrogen-bond donors (Lipinski definition) is 0. The molecule has 2 atom stereocenters. The van der Waals surface area contributed by atoms with Crippen molar-refractivity contribution in [2.45, 2.75) is 24.9 Å². The molecule has 4 rings (SSSR count). The van der Waals surface area contributed by atoms with E-state index < -0.39 is 0 Å². The minimum Gasteiger partial charge on any atom is -0.477 e. The van der Waals surface area contributed by atoms with Crippen molar-refractivity contribution >= 4 is 5.91 Å². The molecule has 1 spiro atoms. The van der Waals surface area contributed by atoms with Crippen molar-refractivity contribution in [2.75, 3.05) is 26.3 Å². The smallest absolute Gasteiger partial charge is 0.255 e. The van der Waals surface area contributed by atoms with Crippen molar-refractivity contribution in [1.82, 2.24) is 20.1 Å². The van der Waals surface area contributed by atoms with Gasteiger partial charge < -0.3 is 14.4 Å². The molecule has 26 heavy (non-hydrogen) atoms. The number of nitrogens with zero attached hydrogens (tertiary/aromatic N) is 4. The number of rotatable bonds is 4. The summed E-state index contributed by atoms with van der Waals surface area (Å²) < 4.78 is 12.1. The lowest BCUT2D eigenvalue weighted by Gasteiger charge is -2.44. The third-order valence-corrected chi connectivity index (χ3v) is 5.29. The van der Waals surface area contributed by atoms with Crippen LogP contribution in [0.5, 0.6) is 5.88 Å². The maximum atomic E-state index is 12.8. The molecule has 2 aliphatic rings. The van der Waals surface area contributed by atoms with Crippen LogP contribution in [0.25, 0.3) is 0 Å². The van der Waals surface area contributed by atoms with Gasteiger partial charge in [0, 0.05) is 24.7 Å². The van der Waals surface area contributed by atoms with Crippen LogP contribution in [0.1, 0.15) is 29.6 Å². The molecule has 7 heteroatoms. The van der Waals surface area contributed by atoms with Crippen LogP contribution in [0.3, 0.4) is 0 Å². The van der Waals surface area contributed by atoms with E-state index >= 15 is 0 Å². The Kier molecular flexibility index (Phi) is 4.79. The molecule has 2 aromatic rings. The molecule has 0 unspecified atom stereocenters. The number of hydrogen-bond acceptors (Lipinski definition) is 6. The first-order valence-corrected chi connectivity index (χ1v) is 9.01. The lowest BCUT2D eigenvalue weighted by Crippen LogP contribution is -2.56. The van der Waals surface area contributed by atoms with Gasteiger partial charge in [-0.2, -0.15) is 10.2 Å². The summed E-state index contributed by atoms with van der Waals surface area (Å²) in [5, 5.41) is 7.55. The van der Waals surface area contributed by atoms with Crippen LogP contribution in [0.4, 0.5) is 0 Å². The Labute approximate surface area is 152 Å². The molecule has 7 nitrogen and oxygen atoms in total.